The number of thioether (sulfide) groups is 1. The number of hydrogen-bond acceptors (Lipinski definition) is 4. The van der Waals surface area contributed by atoms with Crippen molar-refractivity contribution in [3.8, 4) is 0 Å². The summed E-state index contributed by atoms with van der Waals surface area (Å²) in [5.74, 6) is 1.45. The summed E-state index contributed by atoms with van der Waals surface area (Å²) in [7, 11) is 0. The zero-order valence-electron chi connectivity index (χ0n) is 10.9. The van der Waals surface area contributed by atoms with Crippen LogP contribution in [0.4, 0.5) is 35.0 Å². The van der Waals surface area contributed by atoms with Crippen molar-refractivity contribution in [1.82, 2.24) is 0 Å². The highest BCUT2D eigenvalue weighted by Gasteiger charge is 2.36. The lowest BCUT2D eigenvalue weighted by Crippen LogP contribution is -2.34. The van der Waals surface area contributed by atoms with Crippen LogP contribution in [0.1, 0.15) is 5.56 Å². The van der Waals surface area contributed by atoms with Crippen molar-refractivity contribution >= 4 is 34.9 Å². The molecule has 1 fully saturated rings. The number of amides is 1. The standard InChI is InChI=1S/C12H14F3N3O2S/c13-12(14,15)7-5-8(16)9(17-11(19)20)6-10(7)18-1-3-21-4-2-18/h5-6,17H,1-4,16H2,(H,19,20). The van der Waals surface area contributed by atoms with Crippen molar-refractivity contribution in [2.45, 2.75) is 6.18 Å². The summed E-state index contributed by atoms with van der Waals surface area (Å²) in [5.41, 5.74) is 4.34. The summed E-state index contributed by atoms with van der Waals surface area (Å²) in [6, 6.07) is 1.94. The molecule has 116 valence electrons. The number of nitrogen functional groups attached to an aromatic ring is 1. The van der Waals surface area contributed by atoms with Crippen molar-refractivity contribution < 1.29 is 23.1 Å². The van der Waals surface area contributed by atoms with Gasteiger partial charge < -0.3 is 15.7 Å². The molecule has 21 heavy (non-hydrogen) atoms. The first-order valence-electron chi connectivity index (χ1n) is 6.12. The van der Waals surface area contributed by atoms with Crippen LogP contribution in [0.25, 0.3) is 0 Å². The fourth-order valence-electron chi connectivity index (χ4n) is 2.12. The monoisotopic (exact) mass is 321 g/mol. The third kappa shape index (κ3) is 3.66. The average molecular weight is 321 g/mol. The Morgan fingerprint density at radius 1 is 1.33 bits per heavy atom. The van der Waals surface area contributed by atoms with Crippen molar-refractivity contribution in [2.75, 3.05) is 40.5 Å². The lowest BCUT2D eigenvalue weighted by Gasteiger charge is -2.31. The van der Waals surface area contributed by atoms with E-state index in [0.29, 0.717) is 13.1 Å². The predicted octanol–water partition coefficient (Wildman–Crippen LogP) is 2.93. The average Bonchev–Trinajstić information content (AvgIpc) is 2.40. The molecule has 2 rings (SSSR count). The topological polar surface area (TPSA) is 78.6 Å². The van der Waals surface area contributed by atoms with E-state index < -0.39 is 17.8 Å². The summed E-state index contributed by atoms with van der Waals surface area (Å²) in [5, 5.41) is 10.7. The zero-order chi connectivity index (χ0) is 15.6. The second-order valence-electron chi connectivity index (χ2n) is 4.48. The molecule has 9 heteroatoms. The lowest BCUT2D eigenvalue weighted by molar-refractivity contribution is -0.137. The molecule has 0 radical (unpaired) electrons. The molecule has 0 bridgehead atoms. The Morgan fingerprint density at radius 2 is 1.95 bits per heavy atom. The minimum Gasteiger partial charge on any atom is -0.465 e. The van der Waals surface area contributed by atoms with Gasteiger partial charge in [-0.1, -0.05) is 0 Å². The number of carbonyl (C=O) groups is 1. The molecule has 1 saturated heterocycles. The van der Waals surface area contributed by atoms with E-state index in [-0.39, 0.29) is 17.1 Å². The van der Waals surface area contributed by atoms with E-state index in [9.17, 15) is 18.0 Å². The van der Waals surface area contributed by atoms with Crippen molar-refractivity contribution in [3.05, 3.63) is 17.7 Å². The van der Waals surface area contributed by atoms with Crippen LogP contribution >= 0.6 is 11.8 Å². The van der Waals surface area contributed by atoms with E-state index in [1.807, 2.05) is 5.32 Å². The van der Waals surface area contributed by atoms with E-state index in [2.05, 4.69) is 0 Å². The van der Waals surface area contributed by atoms with Gasteiger partial charge in [0.2, 0.25) is 0 Å². The first-order chi connectivity index (χ1) is 9.79. The number of nitrogens with two attached hydrogens (primary N) is 1. The van der Waals surface area contributed by atoms with Gasteiger partial charge in [-0.2, -0.15) is 24.9 Å². The predicted molar refractivity (Wildman–Crippen MR) is 77.0 cm³/mol. The van der Waals surface area contributed by atoms with Gasteiger partial charge in [0.05, 0.1) is 22.6 Å². The summed E-state index contributed by atoms with van der Waals surface area (Å²) in [6.45, 7) is 0.953. The molecule has 0 saturated carbocycles. The van der Waals surface area contributed by atoms with Crippen molar-refractivity contribution in [1.29, 1.82) is 0 Å². The van der Waals surface area contributed by atoms with Gasteiger partial charge in [-0.25, -0.2) is 4.79 Å². The molecule has 0 unspecified atom stereocenters. The second-order valence-corrected chi connectivity index (χ2v) is 5.71. The summed E-state index contributed by atoms with van der Waals surface area (Å²) in [6.07, 6.45) is -5.92. The highest BCUT2D eigenvalue weighted by atomic mass is 32.2. The maximum Gasteiger partial charge on any atom is 0.418 e. The van der Waals surface area contributed by atoms with E-state index in [1.54, 1.807) is 16.7 Å². The Hall–Kier alpha value is -1.77. The molecule has 0 atom stereocenters. The van der Waals surface area contributed by atoms with E-state index in [0.717, 1.165) is 23.6 Å². The third-order valence-electron chi connectivity index (χ3n) is 3.07. The van der Waals surface area contributed by atoms with Crippen LogP contribution in [-0.2, 0) is 6.18 Å². The Kier molecular flexibility index (Phi) is 4.40. The molecule has 0 aliphatic carbocycles. The number of nitrogens with zero attached hydrogens (tertiary/aromatic N) is 1. The smallest absolute Gasteiger partial charge is 0.418 e. The number of nitrogens with one attached hydrogen (secondary N) is 1. The third-order valence-corrected chi connectivity index (χ3v) is 4.01. The SMILES string of the molecule is Nc1cc(C(F)(F)F)c(N2CCSCC2)cc1NC(=O)O. The maximum atomic E-state index is 13.2. The van der Waals surface area contributed by atoms with Crippen molar-refractivity contribution in [3.63, 3.8) is 0 Å². The van der Waals surface area contributed by atoms with Crippen LogP contribution < -0.4 is 16.0 Å². The number of alkyl halides is 3. The molecular formula is C12H14F3N3O2S. The number of benzene rings is 1. The minimum absolute atomic E-state index is 0.0382. The Labute approximate surface area is 123 Å². The molecule has 1 heterocycles. The van der Waals surface area contributed by atoms with E-state index in [4.69, 9.17) is 10.8 Å². The van der Waals surface area contributed by atoms with Crippen molar-refractivity contribution in [2.24, 2.45) is 0 Å². The molecule has 0 spiro atoms. The Balaban J connectivity index is 2.48. The molecule has 0 aromatic heterocycles. The van der Waals surface area contributed by atoms with Gasteiger partial charge in [-0.3, -0.25) is 5.32 Å². The summed E-state index contributed by atoms with van der Waals surface area (Å²) < 4.78 is 39.5. The lowest BCUT2D eigenvalue weighted by atomic mass is 10.1. The maximum absolute atomic E-state index is 13.2. The summed E-state index contributed by atoms with van der Waals surface area (Å²) >= 11 is 1.67. The Morgan fingerprint density at radius 3 is 2.48 bits per heavy atom. The number of halogens is 3. The van der Waals surface area contributed by atoms with Gasteiger partial charge in [0, 0.05) is 24.6 Å². The van der Waals surface area contributed by atoms with E-state index in [1.165, 1.54) is 0 Å². The Bertz CT molecular complexity index is 545. The fourth-order valence-corrected chi connectivity index (χ4v) is 3.02. The van der Waals surface area contributed by atoms with Gasteiger partial charge in [0.1, 0.15) is 0 Å². The van der Waals surface area contributed by atoms with Gasteiger partial charge in [-0.05, 0) is 12.1 Å². The van der Waals surface area contributed by atoms with Crippen LogP contribution in [0.3, 0.4) is 0 Å². The first kappa shape index (κ1) is 15.6. The quantitative estimate of drug-likeness (QED) is 0.730. The molecule has 4 N–H and O–H groups in total. The first-order valence-corrected chi connectivity index (χ1v) is 7.28. The number of carboxylic acid groups (broad SMARTS) is 1. The summed E-state index contributed by atoms with van der Waals surface area (Å²) in [4.78, 5) is 12.3. The fraction of sp³-hybridized carbons (Fsp3) is 0.417. The van der Waals surface area contributed by atoms with E-state index >= 15 is 0 Å². The second kappa shape index (κ2) is 5.92. The van der Waals surface area contributed by atoms with Crippen LogP contribution in [0.15, 0.2) is 12.1 Å². The molecule has 1 aromatic rings. The zero-order valence-corrected chi connectivity index (χ0v) is 11.7. The normalized spacial score (nSPS) is 15.9. The van der Waals surface area contributed by atoms with Crippen LogP contribution in [0, 0.1) is 0 Å². The molecule has 1 aliphatic heterocycles. The molecule has 1 aliphatic rings. The van der Waals surface area contributed by atoms with Crippen LogP contribution in [0.2, 0.25) is 0 Å². The number of hydrogen-bond donors (Lipinski definition) is 3. The molecule has 1 amide bonds. The van der Waals surface area contributed by atoms with Gasteiger partial charge in [0.15, 0.2) is 0 Å². The molecular weight excluding hydrogens is 307 g/mol. The molecule has 5 nitrogen and oxygen atoms in total. The van der Waals surface area contributed by atoms with Gasteiger partial charge in [0.25, 0.3) is 0 Å². The van der Waals surface area contributed by atoms with Crippen LogP contribution in [-0.4, -0.2) is 35.8 Å². The van der Waals surface area contributed by atoms with Gasteiger partial charge in [-0.15, -0.1) is 0 Å². The minimum atomic E-state index is -4.55. The number of rotatable bonds is 2. The largest absolute Gasteiger partial charge is 0.465 e. The highest BCUT2D eigenvalue weighted by molar-refractivity contribution is 7.99. The highest BCUT2D eigenvalue weighted by Crippen LogP contribution is 2.41. The number of anilines is 3. The van der Waals surface area contributed by atoms with Gasteiger partial charge >= 0.3 is 12.3 Å². The molecule has 1 aromatic carbocycles. The van der Waals surface area contributed by atoms with Crippen LogP contribution in [0.5, 0.6) is 0 Å².